The number of amides is 1. The van der Waals surface area contributed by atoms with Crippen molar-refractivity contribution in [1.82, 2.24) is 19.9 Å². The van der Waals surface area contributed by atoms with E-state index in [9.17, 15) is 9.90 Å². The summed E-state index contributed by atoms with van der Waals surface area (Å²) in [5.41, 5.74) is 7.69. The summed E-state index contributed by atoms with van der Waals surface area (Å²) in [4.78, 5) is 28.6. The van der Waals surface area contributed by atoms with E-state index in [4.69, 9.17) is 5.73 Å². The van der Waals surface area contributed by atoms with Crippen LogP contribution in [0.25, 0.3) is 21.9 Å². The van der Waals surface area contributed by atoms with Gasteiger partial charge in [0.2, 0.25) is 5.91 Å². The average molecular weight is 394 g/mol. The molecule has 2 fully saturated rings. The number of nitrogens with zero attached hydrogens (tertiary/aromatic N) is 4. The molecule has 0 aromatic carbocycles. The first-order valence-electron chi connectivity index (χ1n) is 10.2. The number of hydrogen-bond donors (Lipinski definition) is 3. The second kappa shape index (κ2) is 6.67. The molecule has 3 aromatic heterocycles. The number of hydrogen-bond acceptors (Lipinski definition) is 6. The first kappa shape index (κ1) is 18.3. The Labute approximate surface area is 168 Å². The van der Waals surface area contributed by atoms with Crippen molar-refractivity contribution in [2.45, 2.75) is 43.9 Å². The third-order valence-electron chi connectivity index (χ3n) is 6.43. The van der Waals surface area contributed by atoms with E-state index < -0.39 is 5.60 Å². The molecule has 5 rings (SSSR count). The van der Waals surface area contributed by atoms with Crippen LogP contribution in [0.4, 0.5) is 5.69 Å². The Morgan fingerprint density at radius 1 is 1.31 bits per heavy atom. The molecule has 8 nitrogen and oxygen atoms in total. The highest BCUT2D eigenvalue weighted by atomic mass is 16.3. The minimum absolute atomic E-state index is 0.250. The van der Waals surface area contributed by atoms with E-state index in [1.807, 2.05) is 24.7 Å². The average Bonchev–Trinajstić information content (AvgIpc) is 3.31. The molecule has 8 heteroatoms. The summed E-state index contributed by atoms with van der Waals surface area (Å²) in [6.45, 7) is 4.04. The summed E-state index contributed by atoms with van der Waals surface area (Å²) in [7, 11) is 0. The maximum Gasteiger partial charge on any atom is 0.234 e. The largest absolute Gasteiger partial charge is 0.389 e. The lowest BCUT2D eigenvalue weighted by atomic mass is 10.0. The van der Waals surface area contributed by atoms with E-state index in [0.29, 0.717) is 13.0 Å². The zero-order chi connectivity index (χ0) is 20.2. The number of aromatic amines is 1. The lowest BCUT2D eigenvalue weighted by Crippen LogP contribution is -2.50. The maximum atomic E-state index is 11.9. The summed E-state index contributed by atoms with van der Waals surface area (Å²) in [5.74, 6) is -0.340. The molecule has 0 radical (unpaired) electrons. The number of likely N-dealkylation sites (tertiary alicyclic amines) is 1. The quantitative estimate of drug-likeness (QED) is 0.619. The summed E-state index contributed by atoms with van der Waals surface area (Å²) < 4.78 is 0. The van der Waals surface area contributed by atoms with Gasteiger partial charge in [0.1, 0.15) is 5.65 Å². The molecular weight excluding hydrogens is 368 g/mol. The second-order valence-electron chi connectivity index (χ2n) is 8.60. The lowest BCUT2D eigenvalue weighted by molar-refractivity contribution is -0.123. The van der Waals surface area contributed by atoms with Crippen LogP contribution < -0.4 is 10.6 Å². The third-order valence-corrected chi connectivity index (χ3v) is 6.43. The van der Waals surface area contributed by atoms with Gasteiger partial charge in [0.05, 0.1) is 23.4 Å². The molecule has 3 aromatic rings. The molecule has 4 N–H and O–H groups in total. The van der Waals surface area contributed by atoms with Gasteiger partial charge in [-0.15, -0.1) is 0 Å². The summed E-state index contributed by atoms with van der Waals surface area (Å²) in [6.07, 6.45) is 7.81. The molecule has 2 aliphatic rings. The van der Waals surface area contributed by atoms with Crippen molar-refractivity contribution in [3.8, 4) is 0 Å². The molecular formula is C21H26N6O2. The predicted molar refractivity (Wildman–Crippen MR) is 112 cm³/mol. The van der Waals surface area contributed by atoms with E-state index in [-0.39, 0.29) is 18.0 Å². The molecule has 1 amide bonds. The summed E-state index contributed by atoms with van der Waals surface area (Å²) in [6, 6.07) is 3.99. The molecule has 2 atom stereocenters. The van der Waals surface area contributed by atoms with Crippen molar-refractivity contribution in [1.29, 1.82) is 0 Å². The first-order chi connectivity index (χ1) is 13.9. The minimum atomic E-state index is -0.856. The van der Waals surface area contributed by atoms with Gasteiger partial charge in [0.25, 0.3) is 0 Å². The number of carbonyl (C=O) groups is 1. The number of carbonyl (C=O) groups excluding carboxylic acids is 1. The van der Waals surface area contributed by atoms with Crippen LogP contribution in [0.5, 0.6) is 0 Å². The fourth-order valence-corrected chi connectivity index (χ4v) is 5.09. The van der Waals surface area contributed by atoms with Crippen molar-refractivity contribution < 1.29 is 9.90 Å². The number of anilines is 1. The predicted octanol–water partition coefficient (Wildman–Crippen LogP) is 1.39. The SMILES string of the molecule is CC1(O)CC(C(N)=O)N(C2CCN(c3ccnc4cnc5[nH]ccc5c34)CC2)C1. The number of pyridine rings is 2. The number of nitrogens with one attached hydrogen (secondary N) is 1. The van der Waals surface area contributed by atoms with Gasteiger partial charge in [0, 0.05) is 61.0 Å². The Morgan fingerprint density at radius 2 is 2.10 bits per heavy atom. The fraction of sp³-hybridized carbons (Fsp3) is 0.476. The molecule has 2 unspecified atom stereocenters. The second-order valence-corrected chi connectivity index (χ2v) is 8.60. The molecule has 5 heterocycles. The van der Waals surface area contributed by atoms with Gasteiger partial charge in [0.15, 0.2) is 0 Å². The van der Waals surface area contributed by atoms with Gasteiger partial charge >= 0.3 is 0 Å². The topological polar surface area (TPSA) is 111 Å². The molecule has 152 valence electrons. The Balaban J connectivity index is 1.40. The van der Waals surface area contributed by atoms with Crippen LogP contribution >= 0.6 is 0 Å². The normalized spacial score (nSPS) is 26.6. The standard InChI is InChI=1S/C21H26N6O2/c1-21(29)10-17(19(22)28)27(12-21)13-4-8-26(9-5-13)16-3-7-23-15-11-25-20-14(18(15)16)2-6-24-20/h2-3,6-7,11,13,17,29H,4-5,8-10,12H2,1H3,(H2,22,28)(H,24,25). The summed E-state index contributed by atoms with van der Waals surface area (Å²) in [5, 5.41) is 12.7. The van der Waals surface area contributed by atoms with E-state index in [1.165, 1.54) is 5.69 Å². The van der Waals surface area contributed by atoms with Crippen molar-refractivity contribution in [2.75, 3.05) is 24.5 Å². The van der Waals surface area contributed by atoms with Crippen LogP contribution in [0.2, 0.25) is 0 Å². The van der Waals surface area contributed by atoms with Crippen molar-refractivity contribution in [3.63, 3.8) is 0 Å². The van der Waals surface area contributed by atoms with Crippen LogP contribution in [0, 0.1) is 0 Å². The number of aromatic nitrogens is 3. The zero-order valence-corrected chi connectivity index (χ0v) is 16.5. The Kier molecular flexibility index (Phi) is 4.22. The first-order valence-corrected chi connectivity index (χ1v) is 10.2. The Hall–Kier alpha value is -2.71. The van der Waals surface area contributed by atoms with Gasteiger partial charge in [-0.2, -0.15) is 0 Å². The molecule has 2 aliphatic heterocycles. The smallest absolute Gasteiger partial charge is 0.234 e. The van der Waals surface area contributed by atoms with Gasteiger partial charge in [-0.05, 0) is 31.9 Å². The minimum Gasteiger partial charge on any atom is -0.389 e. The molecule has 0 saturated carbocycles. The van der Waals surface area contributed by atoms with Crippen LogP contribution in [0.1, 0.15) is 26.2 Å². The zero-order valence-electron chi connectivity index (χ0n) is 16.5. The van der Waals surface area contributed by atoms with E-state index in [0.717, 1.165) is 47.9 Å². The lowest BCUT2D eigenvalue weighted by Gasteiger charge is -2.40. The van der Waals surface area contributed by atoms with Gasteiger partial charge in [-0.25, -0.2) is 4.98 Å². The number of β-amino-alcohol motifs (C(OH)–C–C–N with tert-alkyl or cyclic N) is 1. The summed E-state index contributed by atoms with van der Waals surface area (Å²) >= 11 is 0. The van der Waals surface area contributed by atoms with Gasteiger partial charge in [-0.3, -0.25) is 14.7 Å². The van der Waals surface area contributed by atoms with Gasteiger partial charge < -0.3 is 20.7 Å². The Morgan fingerprint density at radius 3 is 2.86 bits per heavy atom. The number of aliphatic hydroxyl groups is 1. The van der Waals surface area contributed by atoms with Crippen molar-refractivity contribution in [3.05, 3.63) is 30.7 Å². The van der Waals surface area contributed by atoms with Crippen LogP contribution in [-0.2, 0) is 4.79 Å². The molecule has 29 heavy (non-hydrogen) atoms. The van der Waals surface area contributed by atoms with E-state index >= 15 is 0 Å². The highest BCUT2D eigenvalue weighted by Crippen LogP contribution is 2.35. The number of primary amides is 1. The molecule has 2 saturated heterocycles. The number of rotatable bonds is 3. The number of piperidine rings is 1. The Bertz CT molecular complexity index is 1070. The van der Waals surface area contributed by atoms with Crippen molar-refractivity contribution in [2.24, 2.45) is 5.73 Å². The molecule has 0 spiro atoms. The molecule has 0 bridgehead atoms. The molecule has 0 aliphatic carbocycles. The van der Waals surface area contributed by atoms with Crippen LogP contribution in [-0.4, -0.2) is 68.2 Å². The highest BCUT2D eigenvalue weighted by Gasteiger charge is 2.45. The maximum absolute atomic E-state index is 11.9. The fourth-order valence-electron chi connectivity index (χ4n) is 5.09. The highest BCUT2D eigenvalue weighted by molar-refractivity contribution is 6.09. The van der Waals surface area contributed by atoms with Crippen LogP contribution in [0.15, 0.2) is 30.7 Å². The number of H-pyrrole nitrogens is 1. The number of nitrogens with two attached hydrogens (primary N) is 1. The van der Waals surface area contributed by atoms with E-state index in [1.54, 1.807) is 6.92 Å². The number of fused-ring (bicyclic) bond motifs is 3. The third kappa shape index (κ3) is 3.12. The monoisotopic (exact) mass is 394 g/mol. The van der Waals surface area contributed by atoms with Gasteiger partial charge in [-0.1, -0.05) is 0 Å². The van der Waals surface area contributed by atoms with Crippen LogP contribution in [0.3, 0.4) is 0 Å². The van der Waals surface area contributed by atoms with E-state index in [2.05, 4.69) is 30.8 Å². The van der Waals surface area contributed by atoms with Crippen molar-refractivity contribution >= 4 is 33.5 Å².